The number of thiazole rings is 1. The van der Waals surface area contributed by atoms with Crippen LogP contribution in [0.2, 0.25) is 0 Å². The van der Waals surface area contributed by atoms with Gasteiger partial charge in [0.15, 0.2) is 0 Å². The Labute approximate surface area is 129 Å². The zero-order chi connectivity index (χ0) is 14.7. The zero-order valence-electron chi connectivity index (χ0n) is 12.3. The molecule has 0 radical (unpaired) electrons. The molecule has 0 saturated carbocycles. The highest BCUT2D eigenvalue weighted by Gasteiger charge is 2.18. The molecule has 1 aliphatic rings. The Morgan fingerprint density at radius 2 is 1.86 bits per heavy atom. The van der Waals surface area contributed by atoms with Gasteiger partial charge in [-0.3, -0.25) is 4.90 Å². The molecule has 0 aliphatic carbocycles. The summed E-state index contributed by atoms with van der Waals surface area (Å²) in [5.41, 5.74) is 2.39. The van der Waals surface area contributed by atoms with E-state index in [1.54, 1.807) is 23.5 Å². The maximum absolute atomic E-state index is 9.35. The van der Waals surface area contributed by atoms with Crippen LogP contribution in [0.3, 0.4) is 0 Å². The Hall–Kier alpha value is -1.59. The monoisotopic (exact) mass is 303 g/mol. The van der Waals surface area contributed by atoms with Gasteiger partial charge in [-0.2, -0.15) is 0 Å². The maximum atomic E-state index is 9.35. The molecule has 5 heteroatoms. The van der Waals surface area contributed by atoms with Crippen molar-refractivity contribution in [3.8, 4) is 5.75 Å². The number of phenolic OH excluding ortho intramolecular Hbond substituents is 1. The fraction of sp³-hybridized carbons (Fsp3) is 0.438. The average Bonchev–Trinajstić information content (AvgIpc) is 2.97. The van der Waals surface area contributed by atoms with Gasteiger partial charge in [0, 0.05) is 43.8 Å². The van der Waals surface area contributed by atoms with Crippen molar-refractivity contribution in [2.75, 3.05) is 31.1 Å². The van der Waals surface area contributed by atoms with Crippen LogP contribution in [-0.4, -0.2) is 41.2 Å². The molecular formula is C16H21N3OS. The van der Waals surface area contributed by atoms with Crippen molar-refractivity contribution in [3.63, 3.8) is 0 Å². The first-order chi connectivity index (χ1) is 10.2. The number of piperazine rings is 1. The van der Waals surface area contributed by atoms with E-state index in [9.17, 15) is 5.11 Å². The Morgan fingerprint density at radius 1 is 1.14 bits per heavy atom. The number of anilines is 1. The standard InChI is InChI=1S/C16H21N3OS/c1-2-16-17-13(12-21-16)11-18-7-9-19(10-8-18)14-3-5-15(20)6-4-14/h3-6,12,20H,2,7-11H2,1H3. The van der Waals surface area contributed by atoms with E-state index in [0.717, 1.165) is 39.1 Å². The molecule has 2 heterocycles. The highest BCUT2D eigenvalue weighted by molar-refractivity contribution is 7.09. The van der Waals surface area contributed by atoms with Crippen LogP contribution in [0.1, 0.15) is 17.6 Å². The van der Waals surface area contributed by atoms with E-state index in [1.807, 2.05) is 12.1 Å². The average molecular weight is 303 g/mol. The molecule has 1 aromatic carbocycles. The van der Waals surface area contributed by atoms with E-state index in [2.05, 4.69) is 27.1 Å². The zero-order valence-corrected chi connectivity index (χ0v) is 13.1. The van der Waals surface area contributed by atoms with Crippen LogP contribution < -0.4 is 4.90 Å². The SMILES string of the molecule is CCc1nc(CN2CCN(c3ccc(O)cc3)CC2)cs1. The highest BCUT2D eigenvalue weighted by Crippen LogP contribution is 2.20. The second kappa shape index (κ2) is 6.45. The van der Waals surface area contributed by atoms with Crippen LogP contribution in [-0.2, 0) is 13.0 Å². The van der Waals surface area contributed by atoms with Crippen LogP contribution >= 0.6 is 11.3 Å². The predicted molar refractivity (Wildman–Crippen MR) is 87.1 cm³/mol. The minimum atomic E-state index is 0.327. The van der Waals surface area contributed by atoms with Gasteiger partial charge in [-0.05, 0) is 30.7 Å². The molecular weight excluding hydrogens is 282 g/mol. The number of rotatable bonds is 4. The number of hydrogen-bond donors (Lipinski definition) is 1. The Morgan fingerprint density at radius 3 is 2.48 bits per heavy atom. The van der Waals surface area contributed by atoms with Crippen LogP contribution in [0.5, 0.6) is 5.75 Å². The second-order valence-electron chi connectivity index (χ2n) is 5.37. The first-order valence-corrected chi connectivity index (χ1v) is 8.32. The van der Waals surface area contributed by atoms with Gasteiger partial charge in [-0.25, -0.2) is 4.98 Å². The first-order valence-electron chi connectivity index (χ1n) is 7.44. The second-order valence-corrected chi connectivity index (χ2v) is 6.31. The summed E-state index contributed by atoms with van der Waals surface area (Å²) >= 11 is 1.77. The first kappa shape index (κ1) is 14.4. The third kappa shape index (κ3) is 3.54. The summed E-state index contributed by atoms with van der Waals surface area (Å²) in [4.78, 5) is 9.48. The van der Waals surface area contributed by atoms with Gasteiger partial charge >= 0.3 is 0 Å². The van der Waals surface area contributed by atoms with Crippen LogP contribution in [0.15, 0.2) is 29.6 Å². The van der Waals surface area contributed by atoms with Gasteiger partial charge in [-0.15, -0.1) is 11.3 Å². The Balaban J connectivity index is 1.54. The fourth-order valence-electron chi connectivity index (χ4n) is 2.64. The summed E-state index contributed by atoms with van der Waals surface area (Å²) in [7, 11) is 0. The van der Waals surface area contributed by atoms with Crippen molar-refractivity contribution < 1.29 is 5.11 Å². The third-order valence-corrected chi connectivity index (χ3v) is 4.92. The van der Waals surface area contributed by atoms with E-state index in [-0.39, 0.29) is 0 Å². The van der Waals surface area contributed by atoms with Crippen LogP contribution in [0.4, 0.5) is 5.69 Å². The lowest BCUT2D eigenvalue weighted by molar-refractivity contribution is 0.247. The molecule has 0 amide bonds. The lowest BCUT2D eigenvalue weighted by Gasteiger charge is -2.35. The fourth-order valence-corrected chi connectivity index (χ4v) is 3.38. The number of aryl methyl sites for hydroxylation is 1. The number of hydrogen-bond acceptors (Lipinski definition) is 5. The summed E-state index contributed by atoms with van der Waals surface area (Å²) in [6.07, 6.45) is 1.03. The van der Waals surface area contributed by atoms with E-state index >= 15 is 0 Å². The molecule has 1 N–H and O–H groups in total. The quantitative estimate of drug-likeness (QED) is 0.943. The van der Waals surface area contributed by atoms with Crippen molar-refractivity contribution in [3.05, 3.63) is 40.3 Å². The molecule has 1 aliphatic heterocycles. The molecule has 3 rings (SSSR count). The van der Waals surface area contributed by atoms with Crippen molar-refractivity contribution in [2.45, 2.75) is 19.9 Å². The van der Waals surface area contributed by atoms with Gasteiger partial charge in [0.2, 0.25) is 0 Å². The van der Waals surface area contributed by atoms with Crippen LogP contribution in [0, 0.1) is 0 Å². The normalized spacial score (nSPS) is 16.3. The molecule has 112 valence electrons. The minimum absolute atomic E-state index is 0.327. The number of aromatic nitrogens is 1. The lowest BCUT2D eigenvalue weighted by Crippen LogP contribution is -2.46. The summed E-state index contributed by atoms with van der Waals surface area (Å²) in [6, 6.07) is 7.48. The molecule has 0 spiro atoms. The molecule has 4 nitrogen and oxygen atoms in total. The van der Waals surface area contributed by atoms with Gasteiger partial charge < -0.3 is 10.0 Å². The molecule has 1 aromatic heterocycles. The van der Waals surface area contributed by atoms with E-state index in [4.69, 9.17) is 0 Å². The van der Waals surface area contributed by atoms with Crippen molar-refractivity contribution >= 4 is 17.0 Å². The van der Waals surface area contributed by atoms with Crippen molar-refractivity contribution in [1.82, 2.24) is 9.88 Å². The lowest BCUT2D eigenvalue weighted by atomic mass is 10.2. The summed E-state index contributed by atoms with van der Waals surface area (Å²) in [5.74, 6) is 0.327. The maximum Gasteiger partial charge on any atom is 0.115 e. The van der Waals surface area contributed by atoms with E-state index in [0.29, 0.717) is 5.75 Å². The number of benzene rings is 1. The molecule has 1 saturated heterocycles. The topological polar surface area (TPSA) is 39.6 Å². The Bertz CT molecular complexity index is 573. The van der Waals surface area contributed by atoms with Gasteiger partial charge in [0.05, 0.1) is 10.7 Å². The number of phenols is 1. The predicted octanol–water partition coefficient (Wildman–Crippen LogP) is 2.73. The van der Waals surface area contributed by atoms with Crippen molar-refractivity contribution in [1.29, 1.82) is 0 Å². The highest BCUT2D eigenvalue weighted by atomic mass is 32.1. The minimum Gasteiger partial charge on any atom is -0.508 e. The van der Waals surface area contributed by atoms with E-state index < -0.39 is 0 Å². The Kier molecular flexibility index (Phi) is 4.41. The summed E-state index contributed by atoms with van der Waals surface area (Å²) < 4.78 is 0. The van der Waals surface area contributed by atoms with E-state index in [1.165, 1.54) is 16.4 Å². The number of aromatic hydroxyl groups is 1. The molecule has 0 unspecified atom stereocenters. The van der Waals surface area contributed by atoms with Crippen LogP contribution in [0.25, 0.3) is 0 Å². The summed E-state index contributed by atoms with van der Waals surface area (Å²) in [6.45, 7) is 7.27. The van der Waals surface area contributed by atoms with Gasteiger partial charge in [0.1, 0.15) is 5.75 Å². The van der Waals surface area contributed by atoms with Gasteiger partial charge in [0.25, 0.3) is 0 Å². The van der Waals surface area contributed by atoms with Gasteiger partial charge in [-0.1, -0.05) is 6.92 Å². The van der Waals surface area contributed by atoms with Crippen molar-refractivity contribution in [2.24, 2.45) is 0 Å². The molecule has 0 bridgehead atoms. The molecule has 1 fully saturated rings. The molecule has 0 atom stereocenters. The smallest absolute Gasteiger partial charge is 0.115 e. The largest absolute Gasteiger partial charge is 0.508 e. The molecule has 2 aromatic rings. The number of nitrogens with zero attached hydrogens (tertiary/aromatic N) is 3. The molecule has 21 heavy (non-hydrogen) atoms. The summed E-state index contributed by atoms with van der Waals surface area (Å²) in [5, 5.41) is 12.8. The third-order valence-electron chi connectivity index (χ3n) is 3.87.